The summed E-state index contributed by atoms with van der Waals surface area (Å²) < 4.78 is 1.91. The molecular formula is C18H25N5O2. The van der Waals surface area contributed by atoms with Gasteiger partial charge in [-0.2, -0.15) is 5.26 Å². The number of fused-ring (bicyclic) bond motifs is 1. The lowest BCUT2D eigenvalue weighted by Crippen LogP contribution is -2.47. The summed E-state index contributed by atoms with van der Waals surface area (Å²) in [5.41, 5.74) is -0.301. The number of hydrogen-bond donors (Lipinski definition) is 1. The van der Waals surface area contributed by atoms with E-state index >= 15 is 0 Å². The first-order valence-electron chi connectivity index (χ1n) is 9.03. The zero-order valence-electron chi connectivity index (χ0n) is 14.9. The van der Waals surface area contributed by atoms with Crippen molar-refractivity contribution in [3.05, 3.63) is 17.7 Å². The van der Waals surface area contributed by atoms with E-state index < -0.39 is 5.41 Å². The van der Waals surface area contributed by atoms with Gasteiger partial charge in [0.15, 0.2) is 0 Å². The Bertz CT molecular complexity index is 712. The molecule has 2 heterocycles. The number of aryl methyl sites for hydroxylation is 1. The SMILES string of the molecule is CCN(C)C(=O)c1cnc2n1CC(NC(=O)C1(C#N)CCCC1)CC2. The maximum absolute atomic E-state index is 12.7. The molecule has 1 unspecified atom stereocenters. The Hall–Kier alpha value is -2.36. The normalized spacial score (nSPS) is 21.2. The molecule has 0 radical (unpaired) electrons. The highest BCUT2D eigenvalue weighted by Crippen LogP contribution is 2.37. The summed E-state index contributed by atoms with van der Waals surface area (Å²) in [7, 11) is 1.77. The van der Waals surface area contributed by atoms with Crippen molar-refractivity contribution < 1.29 is 9.59 Å². The van der Waals surface area contributed by atoms with Gasteiger partial charge < -0.3 is 14.8 Å². The zero-order valence-corrected chi connectivity index (χ0v) is 14.9. The largest absolute Gasteiger partial charge is 0.350 e. The van der Waals surface area contributed by atoms with Gasteiger partial charge in [0.2, 0.25) is 5.91 Å². The molecule has 2 aliphatic rings. The molecule has 0 saturated heterocycles. The molecule has 1 atom stereocenters. The van der Waals surface area contributed by atoms with Crippen LogP contribution in [-0.4, -0.2) is 45.9 Å². The van der Waals surface area contributed by atoms with E-state index in [1.165, 1.54) is 0 Å². The van der Waals surface area contributed by atoms with Gasteiger partial charge in [0.1, 0.15) is 16.9 Å². The number of carbonyl (C=O) groups is 2. The van der Waals surface area contributed by atoms with Crippen molar-refractivity contribution in [2.75, 3.05) is 13.6 Å². The summed E-state index contributed by atoms with van der Waals surface area (Å²) in [6.45, 7) is 3.09. The second kappa shape index (κ2) is 6.87. The monoisotopic (exact) mass is 343 g/mol. The number of rotatable bonds is 4. The molecule has 134 valence electrons. The van der Waals surface area contributed by atoms with Gasteiger partial charge in [-0.3, -0.25) is 9.59 Å². The van der Waals surface area contributed by atoms with Gasteiger partial charge in [-0.05, 0) is 26.2 Å². The minimum absolute atomic E-state index is 0.0579. The van der Waals surface area contributed by atoms with Crippen LogP contribution >= 0.6 is 0 Å². The molecule has 7 heteroatoms. The van der Waals surface area contributed by atoms with E-state index in [1.54, 1.807) is 18.1 Å². The van der Waals surface area contributed by atoms with E-state index in [1.807, 2.05) is 11.5 Å². The van der Waals surface area contributed by atoms with E-state index in [2.05, 4.69) is 16.4 Å². The Labute approximate surface area is 148 Å². The van der Waals surface area contributed by atoms with Crippen molar-refractivity contribution in [2.45, 2.75) is 58.0 Å². The molecule has 0 aromatic carbocycles. The second-order valence-corrected chi connectivity index (χ2v) is 7.10. The van der Waals surface area contributed by atoms with E-state index in [0.29, 0.717) is 38.0 Å². The third-order valence-corrected chi connectivity index (χ3v) is 5.54. The molecule has 1 aromatic heterocycles. The lowest BCUT2D eigenvalue weighted by atomic mass is 9.86. The Balaban J connectivity index is 1.73. The van der Waals surface area contributed by atoms with Crippen LogP contribution in [0.25, 0.3) is 0 Å². The molecule has 1 aliphatic heterocycles. The van der Waals surface area contributed by atoms with Crippen LogP contribution in [0, 0.1) is 16.7 Å². The number of nitriles is 1. The maximum atomic E-state index is 12.7. The van der Waals surface area contributed by atoms with Crippen LogP contribution in [0.1, 0.15) is 55.3 Å². The number of carbonyl (C=O) groups excluding carboxylic acids is 2. The Kier molecular flexibility index (Phi) is 4.80. The zero-order chi connectivity index (χ0) is 18.0. The molecule has 25 heavy (non-hydrogen) atoms. The molecular weight excluding hydrogens is 318 g/mol. The third-order valence-electron chi connectivity index (χ3n) is 5.54. The fourth-order valence-electron chi connectivity index (χ4n) is 3.75. The molecule has 0 spiro atoms. The van der Waals surface area contributed by atoms with Crippen molar-refractivity contribution in [3.8, 4) is 6.07 Å². The molecule has 1 aliphatic carbocycles. The highest BCUT2D eigenvalue weighted by molar-refractivity contribution is 5.92. The molecule has 1 aromatic rings. The molecule has 1 saturated carbocycles. The molecule has 1 N–H and O–H groups in total. The van der Waals surface area contributed by atoms with Crippen molar-refractivity contribution in [3.63, 3.8) is 0 Å². The standard InChI is InChI=1S/C18H25N5O2/c1-3-22(2)16(24)14-10-20-15-7-6-13(11-23(14)15)21-17(25)18(12-19)8-4-5-9-18/h10,13H,3-9,11H2,1-2H3,(H,21,25). The molecule has 7 nitrogen and oxygen atoms in total. The van der Waals surface area contributed by atoms with Crippen molar-refractivity contribution in [1.29, 1.82) is 5.26 Å². The van der Waals surface area contributed by atoms with E-state index in [-0.39, 0.29) is 17.9 Å². The fourth-order valence-corrected chi connectivity index (χ4v) is 3.75. The maximum Gasteiger partial charge on any atom is 0.271 e. The van der Waals surface area contributed by atoms with Crippen LogP contribution in [0.4, 0.5) is 0 Å². The van der Waals surface area contributed by atoms with Crippen LogP contribution in [0.5, 0.6) is 0 Å². The third kappa shape index (κ3) is 3.13. The number of imidazole rings is 1. The number of nitrogens with one attached hydrogen (secondary N) is 1. The van der Waals surface area contributed by atoms with Crippen molar-refractivity contribution >= 4 is 11.8 Å². The first-order chi connectivity index (χ1) is 12.0. The summed E-state index contributed by atoms with van der Waals surface area (Å²) in [5, 5.41) is 12.5. The molecule has 1 fully saturated rings. The first kappa shape index (κ1) is 17.5. The van der Waals surface area contributed by atoms with E-state index in [0.717, 1.165) is 25.1 Å². The first-order valence-corrected chi connectivity index (χ1v) is 9.03. The molecule has 2 amide bonds. The smallest absolute Gasteiger partial charge is 0.271 e. The van der Waals surface area contributed by atoms with Crippen LogP contribution in [0.2, 0.25) is 0 Å². The summed E-state index contributed by atoms with van der Waals surface area (Å²) in [5.74, 6) is 0.673. The highest BCUT2D eigenvalue weighted by atomic mass is 16.2. The minimum atomic E-state index is -0.865. The molecule has 0 bridgehead atoms. The van der Waals surface area contributed by atoms with Gasteiger partial charge in [0, 0.05) is 32.6 Å². The Morgan fingerprint density at radius 3 is 2.84 bits per heavy atom. The van der Waals surface area contributed by atoms with Crippen LogP contribution in [0.15, 0.2) is 6.20 Å². The van der Waals surface area contributed by atoms with Gasteiger partial charge in [0.25, 0.3) is 5.91 Å². The van der Waals surface area contributed by atoms with Crippen LogP contribution in [-0.2, 0) is 17.8 Å². The van der Waals surface area contributed by atoms with Gasteiger partial charge >= 0.3 is 0 Å². The quantitative estimate of drug-likeness (QED) is 0.897. The number of hydrogen-bond acceptors (Lipinski definition) is 4. The van der Waals surface area contributed by atoms with Crippen LogP contribution < -0.4 is 5.32 Å². The van der Waals surface area contributed by atoms with E-state index in [4.69, 9.17) is 0 Å². The Morgan fingerprint density at radius 1 is 1.48 bits per heavy atom. The summed E-state index contributed by atoms with van der Waals surface area (Å²) in [6, 6.07) is 2.17. The van der Waals surface area contributed by atoms with E-state index in [9.17, 15) is 14.9 Å². The average Bonchev–Trinajstić information content (AvgIpc) is 3.27. The van der Waals surface area contributed by atoms with Gasteiger partial charge in [-0.15, -0.1) is 0 Å². The Morgan fingerprint density at radius 2 is 2.20 bits per heavy atom. The average molecular weight is 343 g/mol. The lowest BCUT2D eigenvalue weighted by molar-refractivity contribution is -0.128. The fraction of sp³-hybridized carbons (Fsp3) is 0.667. The highest BCUT2D eigenvalue weighted by Gasteiger charge is 2.42. The van der Waals surface area contributed by atoms with Crippen molar-refractivity contribution in [1.82, 2.24) is 19.8 Å². The second-order valence-electron chi connectivity index (χ2n) is 7.10. The summed E-state index contributed by atoms with van der Waals surface area (Å²) in [6.07, 6.45) is 6.27. The van der Waals surface area contributed by atoms with Crippen LogP contribution in [0.3, 0.4) is 0 Å². The topological polar surface area (TPSA) is 91.0 Å². The number of nitrogens with zero attached hydrogens (tertiary/aromatic N) is 4. The van der Waals surface area contributed by atoms with Gasteiger partial charge in [0.05, 0.1) is 12.3 Å². The summed E-state index contributed by atoms with van der Waals surface area (Å²) in [4.78, 5) is 31.1. The van der Waals surface area contributed by atoms with Crippen molar-refractivity contribution in [2.24, 2.45) is 5.41 Å². The molecule has 3 rings (SSSR count). The summed E-state index contributed by atoms with van der Waals surface area (Å²) >= 11 is 0. The minimum Gasteiger partial charge on any atom is -0.350 e. The number of amides is 2. The van der Waals surface area contributed by atoms with Gasteiger partial charge in [-0.25, -0.2) is 4.98 Å². The van der Waals surface area contributed by atoms with Gasteiger partial charge in [-0.1, -0.05) is 12.8 Å². The predicted molar refractivity (Wildman–Crippen MR) is 91.6 cm³/mol. The predicted octanol–water partition coefficient (Wildman–Crippen LogP) is 1.49. The lowest BCUT2D eigenvalue weighted by Gasteiger charge is -2.29. The number of aromatic nitrogens is 2.